The molecule has 0 aliphatic heterocycles. The Morgan fingerprint density at radius 2 is 1.70 bits per heavy atom. The van der Waals surface area contributed by atoms with Gasteiger partial charge in [-0.05, 0) is 32.3 Å². The van der Waals surface area contributed by atoms with Crippen molar-refractivity contribution in [1.29, 1.82) is 0 Å². The highest BCUT2D eigenvalue weighted by atomic mass is 16.4. The number of carboxylic acid groups (broad SMARTS) is 1. The predicted molar refractivity (Wildman–Crippen MR) is 129 cm³/mol. The molecule has 1 unspecified atom stereocenters. The first-order valence-electron chi connectivity index (χ1n) is 11.5. The van der Waals surface area contributed by atoms with Gasteiger partial charge in [0.2, 0.25) is 0 Å². The van der Waals surface area contributed by atoms with Crippen LogP contribution in [0.15, 0.2) is 54.6 Å². The third-order valence-corrected chi connectivity index (χ3v) is 6.41. The van der Waals surface area contributed by atoms with Crippen LogP contribution in [-0.4, -0.2) is 30.7 Å². The van der Waals surface area contributed by atoms with Gasteiger partial charge in [-0.1, -0.05) is 80.4 Å². The molecule has 0 bridgehead atoms. The van der Waals surface area contributed by atoms with E-state index in [9.17, 15) is 9.90 Å². The number of aryl methyl sites for hydroxylation is 2. The van der Waals surface area contributed by atoms with Crippen molar-refractivity contribution in [1.82, 2.24) is 19.6 Å². The van der Waals surface area contributed by atoms with E-state index in [-0.39, 0.29) is 0 Å². The second kappa shape index (κ2) is 9.14. The van der Waals surface area contributed by atoms with Gasteiger partial charge in [-0.25, -0.2) is 4.98 Å². The van der Waals surface area contributed by atoms with E-state index in [1.165, 1.54) is 0 Å². The summed E-state index contributed by atoms with van der Waals surface area (Å²) in [6, 6.07) is 18.2. The summed E-state index contributed by atoms with van der Waals surface area (Å²) in [6.45, 7) is 7.89. The second-order valence-corrected chi connectivity index (χ2v) is 8.68. The van der Waals surface area contributed by atoms with Gasteiger partial charge in [-0.15, -0.1) is 5.10 Å². The van der Waals surface area contributed by atoms with E-state index >= 15 is 0 Å². The largest absolute Gasteiger partial charge is 0.481 e. The van der Waals surface area contributed by atoms with Gasteiger partial charge in [-0.3, -0.25) is 4.79 Å². The summed E-state index contributed by atoms with van der Waals surface area (Å²) in [5.74, 6) is 0.324. The molecular formula is C27H30N4O2. The molecule has 0 aliphatic carbocycles. The number of hydrogen-bond donors (Lipinski definition) is 1. The lowest BCUT2D eigenvalue weighted by molar-refractivity contribution is -0.144. The monoisotopic (exact) mass is 442 g/mol. The molecule has 170 valence electrons. The molecule has 0 saturated carbocycles. The third-order valence-electron chi connectivity index (χ3n) is 6.41. The van der Waals surface area contributed by atoms with Crippen molar-refractivity contribution in [3.05, 3.63) is 82.8 Å². The molecule has 6 heteroatoms. The Kier molecular flexibility index (Phi) is 6.27. The molecule has 2 aromatic carbocycles. The molecule has 1 N–H and O–H groups in total. The minimum atomic E-state index is -1.05. The van der Waals surface area contributed by atoms with Crippen LogP contribution >= 0.6 is 0 Å². The van der Waals surface area contributed by atoms with Gasteiger partial charge in [-0.2, -0.15) is 9.50 Å². The summed E-state index contributed by atoms with van der Waals surface area (Å²) < 4.78 is 1.74. The molecule has 4 aromatic rings. The van der Waals surface area contributed by atoms with Gasteiger partial charge in [0.1, 0.15) is 0 Å². The van der Waals surface area contributed by atoms with Gasteiger partial charge in [0.15, 0.2) is 5.82 Å². The van der Waals surface area contributed by atoms with Crippen molar-refractivity contribution in [2.45, 2.75) is 58.8 Å². The van der Waals surface area contributed by atoms with Crippen LogP contribution in [-0.2, 0) is 16.6 Å². The highest BCUT2D eigenvalue weighted by molar-refractivity contribution is 5.85. The first-order valence-corrected chi connectivity index (χ1v) is 11.5. The van der Waals surface area contributed by atoms with Gasteiger partial charge in [0.05, 0.1) is 11.1 Å². The second-order valence-electron chi connectivity index (χ2n) is 8.68. The van der Waals surface area contributed by atoms with E-state index in [4.69, 9.17) is 15.1 Å². The molecule has 0 fully saturated rings. The summed E-state index contributed by atoms with van der Waals surface area (Å²) >= 11 is 0. The average Bonchev–Trinajstić information content (AvgIpc) is 3.19. The third kappa shape index (κ3) is 4.13. The normalized spacial score (nSPS) is 13.2. The molecule has 6 nitrogen and oxygen atoms in total. The SMILES string of the molecule is CCCC(CC)(C(=O)O)c1c(C)nc2nc(Cc3ccccc3)nn2c1-c1ccc(C)cc1. The maximum absolute atomic E-state index is 12.7. The van der Waals surface area contributed by atoms with Crippen LogP contribution in [0.3, 0.4) is 0 Å². The van der Waals surface area contributed by atoms with E-state index in [0.29, 0.717) is 36.6 Å². The number of rotatable bonds is 8. The van der Waals surface area contributed by atoms with Crippen LogP contribution in [0.25, 0.3) is 17.0 Å². The first-order chi connectivity index (χ1) is 15.9. The Bertz CT molecular complexity index is 1280. The number of nitrogens with zero attached hydrogens (tertiary/aromatic N) is 4. The number of carbonyl (C=O) groups is 1. The Balaban J connectivity index is 2.02. The fraction of sp³-hybridized carbons (Fsp3) is 0.333. The number of benzene rings is 2. The lowest BCUT2D eigenvalue weighted by atomic mass is 9.72. The van der Waals surface area contributed by atoms with Gasteiger partial charge in [0.25, 0.3) is 5.78 Å². The number of aliphatic carboxylic acids is 1. The summed E-state index contributed by atoms with van der Waals surface area (Å²) in [5, 5.41) is 15.3. The van der Waals surface area contributed by atoms with Gasteiger partial charge in [0, 0.05) is 23.2 Å². The number of carboxylic acids is 1. The van der Waals surface area contributed by atoms with Crippen LogP contribution in [0.4, 0.5) is 0 Å². The lowest BCUT2D eigenvalue weighted by Crippen LogP contribution is -2.37. The quantitative estimate of drug-likeness (QED) is 0.388. The van der Waals surface area contributed by atoms with E-state index in [1.54, 1.807) is 4.52 Å². The van der Waals surface area contributed by atoms with E-state index < -0.39 is 11.4 Å². The van der Waals surface area contributed by atoms with Crippen molar-refractivity contribution in [3.8, 4) is 11.3 Å². The molecule has 0 aliphatic rings. The maximum Gasteiger partial charge on any atom is 0.314 e. The van der Waals surface area contributed by atoms with Crippen molar-refractivity contribution >= 4 is 11.7 Å². The Morgan fingerprint density at radius 1 is 1.00 bits per heavy atom. The van der Waals surface area contributed by atoms with Crippen LogP contribution in [0, 0.1) is 13.8 Å². The predicted octanol–water partition coefficient (Wildman–Crippen LogP) is 5.53. The molecule has 0 radical (unpaired) electrons. The molecule has 2 heterocycles. The van der Waals surface area contributed by atoms with Crippen LogP contribution < -0.4 is 0 Å². The summed E-state index contributed by atoms with van der Waals surface area (Å²) in [7, 11) is 0. The molecule has 33 heavy (non-hydrogen) atoms. The topological polar surface area (TPSA) is 80.4 Å². The van der Waals surface area contributed by atoms with E-state index in [1.807, 2.05) is 82.3 Å². The van der Waals surface area contributed by atoms with Crippen molar-refractivity contribution in [3.63, 3.8) is 0 Å². The van der Waals surface area contributed by atoms with Crippen molar-refractivity contribution in [2.75, 3.05) is 0 Å². The first kappa shape index (κ1) is 22.6. The molecule has 4 rings (SSSR count). The summed E-state index contributed by atoms with van der Waals surface area (Å²) in [6.07, 6.45) is 2.33. The molecule has 0 spiro atoms. The molecule has 1 atom stereocenters. The Morgan fingerprint density at radius 3 is 2.30 bits per heavy atom. The fourth-order valence-corrected chi connectivity index (χ4v) is 4.73. The fourth-order valence-electron chi connectivity index (χ4n) is 4.73. The zero-order chi connectivity index (χ0) is 23.6. The van der Waals surface area contributed by atoms with E-state index in [2.05, 4.69) is 0 Å². The van der Waals surface area contributed by atoms with Gasteiger partial charge >= 0.3 is 5.97 Å². The van der Waals surface area contributed by atoms with Crippen LogP contribution in [0.5, 0.6) is 0 Å². The molecule has 0 amide bonds. The van der Waals surface area contributed by atoms with E-state index in [0.717, 1.165) is 34.4 Å². The van der Waals surface area contributed by atoms with Crippen molar-refractivity contribution in [2.24, 2.45) is 0 Å². The van der Waals surface area contributed by atoms with Gasteiger partial charge < -0.3 is 5.11 Å². The van der Waals surface area contributed by atoms with Crippen LogP contribution in [0.1, 0.15) is 61.3 Å². The minimum absolute atomic E-state index is 0.467. The Labute approximate surface area is 194 Å². The number of hydrogen-bond acceptors (Lipinski definition) is 4. The average molecular weight is 443 g/mol. The van der Waals surface area contributed by atoms with Crippen molar-refractivity contribution < 1.29 is 9.90 Å². The highest BCUT2D eigenvalue weighted by Crippen LogP contribution is 2.41. The molecule has 2 aromatic heterocycles. The highest BCUT2D eigenvalue weighted by Gasteiger charge is 2.42. The van der Waals surface area contributed by atoms with Crippen LogP contribution in [0.2, 0.25) is 0 Å². The smallest absolute Gasteiger partial charge is 0.314 e. The molecule has 0 saturated heterocycles. The minimum Gasteiger partial charge on any atom is -0.481 e. The summed E-state index contributed by atoms with van der Waals surface area (Å²) in [4.78, 5) is 22.2. The molecular weight excluding hydrogens is 412 g/mol. The number of fused-ring (bicyclic) bond motifs is 1. The lowest BCUT2D eigenvalue weighted by Gasteiger charge is -2.31. The standard InChI is InChI=1S/C27H30N4O2/c1-5-16-27(6-2,25(32)33)23-19(4)28-26-29-22(17-20-10-8-7-9-11-20)30-31(26)24(23)21-14-12-18(3)13-15-21/h7-15H,5-6,16-17H2,1-4H3,(H,32,33). The Hall–Kier alpha value is -3.54. The number of aromatic nitrogens is 4. The maximum atomic E-state index is 12.7. The summed E-state index contributed by atoms with van der Waals surface area (Å²) in [5.41, 5.74) is 4.30. The zero-order valence-electron chi connectivity index (χ0n) is 19.7. The zero-order valence-corrected chi connectivity index (χ0v) is 19.7.